The molecule has 0 atom stereocenters. The molecular weight excluding hydrogens is 468 g/mol. The predicted octanol–water partition coefficient (Wildman–Crippen LogP) is 3.87. The molecule has 2 aromatic rings. The van der Waals surface area contributed by atoms with Crippen LogP contribution in [0.2, 0.25) is 0 Å². The van der Waals surface area contributed by atoms with Gasteiger partial charge in [0.05, 0.1) is 24.7 Å². The number of benzene rings is 2. The number of ether oxygens (including phenoxy) is 3. The zero-order valence-corrected chi connectivity index (χ0v) is 20.6. The summed E-state index contributed by atoms with van der Waals surface area (Å²) in [6.07, 6.45) is 1.64. The van der Waals surface area contributed by atoms with Gasteiger partial charge in [-0.1, -0.05) is 35.9 Å². The highest BCUT2D eigenvalue weighted by Gasteiger charge is 2.37. The van der Waals surface area contributed by atoms with E-state index in [0.29, 0.717) is 56.6 Å². The Bertz CT molecular complexity index is 1130. The second-order valence-corrected chi connectivity index (χ2v) is 9.17. The van der Waals surface area contributed by atoms with Crippen molar-refractivity contribution in [2.75, 3.05) is 39.5 Å². The molecule has 0 aromatic heterocycles. The van der Waals surface area contributed by atoms with Gasteiger partial charge in [-0.25, -0.2) is 0 Å². The zero-order valence-electron chi connectivity index (χ0n) is 19.8. The number of carbonyl (C=O) groups excluding carboxylic acids is 3. The summed E-state index contributed by atoms with van der Waals surface area (Å²) in [6, 6.07) is 13.5. The quantitative estimate of drug-likeness (QED) is 0.513. The summed E-state index contributed by atoms with van der Waals surface area (Å²) in [4.78, 5) is 40.7. The minimum Gasteiger partial charge on any atom is -0.490 e. The molecule has 3 amide bonds. The third-order valence-electron chi connectivity index (χ3n) is 5.61. The lowest BCUT2D eigenvalue weighted by Gasteiger charge is -2.28. The van der Waals surface area contributed by atoms with E-state index < -0.39 is 11.1 Å². The lowest BCUT2D eigenvalue weighted by molar-refractivity contribution is -0.139. The molecule has 0 radical (unpaired) electrons. The molecule has 0 saturated carbocycles. The van der Waals surface area contributed by atoms with Crippen LogP contribution >= 0.6 is 11.8 Å². The van der Waals surface area contributed by atoms with Crippen LogP contribution in [0.15, 0.2) is 47.4 Å². The van der Waals surface area contributed by atoms with E-state index in [0.717, 1.165) is 22.2 Å². The van der Waals surface area contributed by atoms with Crippen LogP contribution in [0, 0.1) is 6.92 Å². The minimum absolute atomic E-state index is 0.259. The van der Waals surface area contributed by atoms with Gasteiger partial charge in [0.1, 0.15) is 13.2 Å². The maximum absolute atomic E-state index is 12.9. The second kappa shape index (κ2) is 11.4. The molecule has 2 aliphatic heterocycles. The van der Waals surface area contributed by atoms with Gasteiger partial charge in [0, 0.05) is 13.1 Å². The average molecular weight is 497 g/mol. The summed E-state index contributed by atoms with van der Waals surface area (Å²) in [5, 5.41) is -0.453. The van der Waals surface area contributed by atoms with Crippen LogP contribution in [0.3, 0.4) is 0 Å². The van der Waals surface area contributed by atoms with E-state index in [9.17, 15) is 14.4 Å². The number of morpholine rings is 1. The van der Waals surface area contributed by atoms with Crippen molar-refractivity contribution in [3.8, 4) is 11.5 Å². The molecule has 0 unspecified atom stereocenters. The van der Waals surface area contributed by atoms with Gasteiger partial charge in [0.2, 0.25) is 5.91 Å². The van der Waals surface area contributed by atoms with Crippen molar-refractivity contribution in [1.82, 2.24) is 9.80 Å². The summed E-state index contributed by atoms with van der Waals surface area (Å²) in [5.41, 5.74) is 2.92. The fourth-order valence-corrected chi connectivity index (χ4v) is 4.52. The molecule has 35 heavy (non-hydrogen) atoms. The summed E-state index contributed by atoms with van der Waals surface area (Å²) in [5.74, 6) is 0.411. The molecule has 0 bridgehead atoms. The highest BCUT2D eigenvalue weighted by molar-refractivity contribution is 8.18. The van der Waals surface area contributed by atoms with Gasteiger partial charge in [0.25, 0.3) is 11.1 Å². The van der Waals surface area contributed by atoms with Crippen LogP contribution in [0.1, 0.15) is 23.6 Å². The van der Waals surface area contributed by atoms with E-state index in [2.05, 4.69) is 0 Å². The third kappa shape index (κ3) is 6.23. The molecule has 4 rings (SSSR count). The van der Waals surface area contributed by atoms with Crippen LogP contribution in [-0.2, 0) is 20.9 Å². The Morgan fingerprint density at radius 1 is 1.06 bits per heavy atom. The minimum atomic E-state index is -0.473. The predicted molar refractivity (Wildman–Crippen MR) is 133 cm³/mol. The normalized spacial score (nSPS) is 17.3. The lowest BCUT2D eigenvalue weighted by Crippen LogP contribution is -2.46. The number of thioether (sulfide) groups is 1. The van der Waals surface area contributed by atoms with Crippen LogP contribution in [0.4, 0.5) is 4.79 Å². The summed E-state index contributed by atoms with van der Waals surface area (Å²) in [6.45, 7) is 6.34. The zero-order chi connectivity index (χ0) is 24.8. The average Bonchev–Trinajstić information content (AvgIpc) is 3.12. The SMILES string of the molecule is CCOc1cc(/C=C2/SC(=O)N(CC(=O)N3CCOCC3)C2=O)ccc1OCc1ccc(C)cc1. The maximum atomic E-state index is 12.9. The molecule has 2 aromatic carbocycles. The number of amides is 3. The number of hydrogen-bond acceptors (Lipinski definition) is 7. The molecule has 8 nitrogen and oxygen atoms in total. The number of aryl methyl sites for hydroxylation is 1. The number of hydrogen-bond donors (Lipinski definition) is 0. The van der Waals surface area contributed by atoms with Gasteiger partial charge in [-0.2, -0.15) is 0 Å². The van der Waals surface area contributed by atoms with E-state index in [1.807, 2.05) is 38.1 Å². The first-order chi connectivity index (χ1) is 16.9. The van der Waals surface area contributed by atoms with Gasteiger partial charge < -0.3 is 19.1 Å². The van der Waals surface area contributed by atoms with Gasteiger partial charge in [-0.3, -0.25) is 19.3 Å². The van der Waals surface area contributed by atoms with Crippen molar-refractivity contribution >= 4 is 34.9 Å². The third-order valence-corrected chi connectivity index (χ3v) is 6.52. The van der Waals surface area contributed by atoms with Gasteiger partial charge >= 0.3 is 0 Å². The molecule has 0 N–H and O–H groups in total. The maximum Gasteiger partial charge on any atom is 0.294 e. The topological polar surface area (TPSA) is 85.4 Å². The highest BCUT2D eigenvalue weighted by Crippen LogP contribution is 2.35. The first-order valence-corrected chi connectivity index (χ1v) is 12.3. The second-order valence-electron chi connectivity index (χ2n) is 8.17. The van der Waals surface area contributed by atoms with E-state index in [1.165, 1.54) is 5.56 Å². The fourth-order valence-electron chi connectivity index (χ4n) is 3.68. The molecule has 2 fully saturated rings. The fraction of sp³-hybridized carbons (Fsp3) is 0.346. The van der Waals surface area contributed by atoms with Crippen LogP contribution in [0.25, 0.3) is 6.08 Å². The molecule has 9 heteroatoms. The van der Waals surface area contributed by atoms with E-state index >= 15 is 0 Å². The highest BCUT2D eigenvalue weighted by atomic mass is 32.2. The first kappa shape index (κ1) is 24.8. The van der Waals surface area contributed by atoms with Crippen molar-refractivity contribution in [2.24, 2.45) is 0 Å². The van der Waals surface area contributed by atoms with Crippen molar-refractivity contribution in [2.45, 2.75) is 20.5 Å². The van der Waals surface area contributed by atoms with E-state index in [-0.39, 0.29) is 17.4 Å². The molecule has 184 valence electrons. The number of imide groups is 1. The smallest absolute Gasteiger partial charge is 0.294 e. The Balaban J connectivity index is 1.45. The van der Waals surface area contributed by atoms with E-state index in [4.69, 9.17) is 14.2 Å². The molecule has 0 aliphatic carbocycles. The Labute approximate surface area is 208 Å². The lowest BCUT2D eigenvalue weighted by atomic mass is 10.1. The molecule has 0 spiro atoms. The molecule has 2 saturated heterocycles. The van der Waals surface area contributed by atoms with Crippen LogP contribution in [0.5, 0.6) is 11.5 Å². The monoisotopic (exact) mass is 496 g/mol. The summed E-state index contributed by atoms with van der Waals surface area (Å²) in [7, 11) is 0. The van der Waals surface area contributed by atoms with Crippen LogP contribution in [-0.4, -0.2) is 66.3 Å². The Hall–Kier alpha value is -3.30. The van der Waals surface area contributed by atoms with Crippen molar-refractivity contribution in [3.63, 3.8) is 0 Å². The van der Waals surface area contributed by atoms with Gasteiger partial charge in [-0.15, -0.1) is 0 Å². The van der Waals surface area contributed by atoms with Gasteiger partial charge in [0.15, 0.2) is 11.5 Å². The largest absolute Gasteiger partial charge is 0.490 e. The standard InChI is InChI=1S/C26H28N2O6S/c1-3-33-22-14-20(8-9-21(22)34-17-19-6-4-18(2)5-7-19)15-23-25(30)28(26(31)35-23)16-24(29)27-10-12-32-13-11-27/h4-9,14-15H,3,10-13,16-17H2,1-2H3/b23-15+. The van der Waals surface area contributed by atoms with Gasteiger partial charge in [-0.05, 0) is 54.9 Å². The Morgan fingerprint density at radius 2 is 1.80 bits per heavy atom. The number of nitrogens with zero attached hydrogens (tertiary/aromatic N) is 2. The Kier molecular flexibility index (Phi) is 8.09. The molecule has 2 heterocycles. The van der Waals surface area contributed by atoms with E-state index in [1.54, 1.807) is 29.2 Å². The number of carbonyl (C=O) groups is 3. The van der Waals surface area contributed by atoms with Crippen molar-refractivity contribution in [1.29, 1.82) is 0 Å². The molecular formula is C26H28N2O6S. The molecule has 2 aliphatic rings. The summed E-state index contributed by atoms with van der Waals surface area (Å²) < 4.78 is 17.0. The van der Waals surface area contributed by atoms with Crippen molar-refractivity contribution < 1.29 is 28.6 Å². The van der Waals surface area contributed by atoms with Crippen molar-refractivity contribution in [3.05, 3.63) is 64.1 Å². The number of rotatable bonds is 8. The van der Waals surface area contributed by atoms with Crippen LogP contribution < -0.4 is 9.47 Å². The summed E-state index contributed by atoms with van der Waals surface area (Å²) >= 11 is 0.828. The Morgan fingerprint density at radius 3 is 2.51 bits per heavy atom. The first-order valence-electron chi connectivity index (χ1n) is 11.5.